The first-order valence-corrected chi connectivity index (χ1v) is 3.96. The lowest BCUT2D eigenvalue weighted by atomic mass is 10.1. The summed E-state index contributed by atoms with van der Waals surface area (Å²) >= 11 is 0. The minimum atomic E-state index is 0.106. The van der Waals surface area contributed by atoms with Crippen LogP contribution in [0.2, 0.25) is 0 Å². The highest BCUT2D eigenvalue weighted by Crippen LogP contribution is 2.18. The van der Waals surface area contributed by atoms with Crippen molar-refractivity contribution in [1.82, 2.24) is 4.57 Å². The standard InChI is InChI=1S/C10H11NO/c1-11-6-5-8-3-2-4-9(7-12)10(8)11/h2-6,12H,7H2,1H3. The number of benzene rings is 1. The minimum Gasteiger partial charge on any atom is -0.392 e. The molecule has 0 amide bonds. The molecule has 0 aliphatic heterocycles. The maximum absolute atomic E-state index is 9.07. The molecule has 12 heavy (non-hydrogen) atoms. The Morgan fingerprint density at radius 3 is 2.92 bits per heavy atom. The molecule has 1 aromatic carbocycles. The Labute approximate surface area is 71.1 Å². The molecule has 1 heterocycles. The average molecular weight is 161 g/mol. The molecular weight excluding hydrogens is 150 g/mol. The number of aliphatic hydroxyl groups excluding tert-OH is 1. The molecule has 0 radical (unpaired) electrons. The van der Waals surface area contributed by atoms with Gasteiger partial charge in [-0.25, -0.2) is 0 Å². The Morgan fingerprint density at radius 2 is 2.17 bits per heavy atom. The Balaban J connectivity index is 2.84. The fourth-order valence-corrected chi connectivity index (χ4v) is 1.57. The number of hydrogen-bond donors (Lipinski definition) is 1. The molecule has 62 valence electrons. The zero-order valence-corrected chi connectivity index (χ0v) is 6.99. The number of aliphatic hydroxyl groups is 1. The summed E-state index contributed by atoms with van der Waals surface area (Å²) in [6, 6.07) is 8.01. The van der Waals surface area contributed by atoms with Crippen LogP contribution in [0.3, 0.4) is 0 Å². The summed E-state index contributed by atoms with van der Waals surface area (Å²) < 4.78 is 2.03. The molecule has 1 aromatic heterocycles. The van der Waals surface area contributed by atoms with Crippen LogP contribution in [0.4, 0.5) is 0 Å². The van der Waals surface area contributed by atoms with E-state index < -0.39 is 0 Å². The number of rotatable bonds is 1. The van der Waals surface area contributed by atoms with E-state index in [1.54, 1.807) is 0 Å². The highest BCUT2D eigenvalue weighted by molar-refractivity contribution is 5.83. The number of hydrogen-bond acceptors (Lipinski definition) is 1. The predicted molar refractivity (Wildman–Crippen MR) is 48.8 cm³/mol. The lowest BCUT2D eigenvalue weighted by Gasteiger charge is -2.01. The molecule has 0 unspecified atom stereocenters. The second-order valence-corrected chi connectivity index (χ2v) is 2.94. The molecule has 0 aliphatic carbocycles. The lowest BCUT2D eigenvalue weighted by molar-refractivity contribution is 0.283. The fraction of sp³-hybridized carbons (Fsp3) is 0.200. The van der Waals surface area contributed by atoms with Crippen molar-refractivity contribution in [2.75, 3.05) is 0 Å². The van der Waals surface area contributed by atoms with Gasteiger partial charge in [0.05, 0.1) is 12.1 Å². The Bertz CT molecular complexity index is 403. The van der Waals surface area contributed by atoms with Crippen LogP contribution in [0.25, 0.3) is 10.9 Å². The van der Waals surface area contributed by atoms with Crippen molar-refractivity contribution in [2.24, 2.45) is 7.05 Å². The number of para-hydroxylation sites is 1. The van der Waals surface area contributed by atoms with E-state index >= 15 is 0 Å². The lowest BCUT2D eigenvalue weighted by Crippen LogP contribution is -1.90. The van der Waals surface area contributed by atoms with Crippen molar-refractivity contribution >= 4 is 10.9 Å². The predicted octanol–water partition coefficient (Wildman–Crippen LogP) is 1.67. The summed E-state index contributed by atoms with van der Waals surface area (Å²) in [5.41, 5.74) is 2.11. The van der Waals surface area contributed by atoms with Gasteiger partial charge in [-0.05, 0) is 11.5 Å². The molecule has 2 nitrogen and oxygen atoms in total. The van der Waals surface area contributed by atoms with Crippen molar-refractivity contribution in [3.8, 4) is 0 Å². The quantitative estimate of drug-likeness (QED) is 0.676. The largest absolute Gasteiger partial charge is 0.392 e. The summed E-state index contributed by atoms with van der Waals surface area (Å²) in [6.07, 6.45) is 2.00. The molecule has 1 N–H and O–H groups in total. The van der Waals surface area contributed by atoms with Gasteiger partial charge in [0.15, 0.2) is 0 Å². The Kier molecular flexibility index (Phi) is 1.62. The fourth-order valence-electron chi connectivity index (χ4n) is 1.57. The highest BCUT2D eigenvalue weighted by atomic mass is 16.3. The van der Waals surface area contributed by atoms with E-state index in [1.807, 2.05) is 29.9 Å². The van der Waals surface area contributed by atoms with Gasteiger partial charge in [0, 0.05) is 18.8 Å². The molecule has 0 saturated heterocycles. The van der Waals surface area contributed by atoms with E-state index in [9.17, 15) is 0 Å². The normalized spacial score (nSPS) is 10.8. The van der Waals surface area contributed by atoms with Crippen LogP contribution in [0.5, 0.6) is 0 Å². The van der Waals surface area contributed by atoms with Crippen LogP contribution in [-0.2, 0) is 13.7 Å². The first kappa shape index (κ1) is 7.37. The van der Waals surface area contributed by atoms with E-state index in [0.717, 1.165) is 11.1 Å². The second kappa shape index (κ2) is 2.64. The van der Waals surface area contributed by atoms with Gasteiger partial charge in [0.25, 0.3) is 0 Å². The van der Waals surface area contributed by atoms with Gasteiger partial charge in [-0.3, -0.25) is 0 Å². The Hall–Kier alpha value is -1.28. The van der Waals surface area contributed by atoms with Crippen molar-refractivity contribution in [2.45, 2.75) is 6.61 Å². The maximum atomic E-state index is 9.07. The number of aromatic nitrogens is 1. The van der Waals surface area contributed by atoms with Gasteiger partial charge in [-0.2, -0.15) is 0 Å². The molecule has 2 heteroatoms. The van der Waals surface area contributed by atoms with Crippen LogP contribution in [0.1, 0.15) is 5.56 Å². The third-order valence-corrected chi connectivity index (χ3v) is 2.15. The van der Waals surface area contributed by atoms with Crippen molar-refractivity contribution in [3.63, 3.8) is 0 Å². The smallest absolute Gasteiger partial charge is 0.0702 e. The van der Waals surface area contributed by atoms with Gasteiger partial charge in [-0.1, -0.05) is 18.2 Å². The molecule has 0 spiro atoms. The zero-order valence-electron chi connectivity index (χ0n) is 6.99. The van der Waals surface area contributed by atoms with E-state index in [2.05, 4.69) is 12.1 Å². The van der Waals surface area contributed by atoms with E-state index in [-0.39, 0.29) is 6.61 Å². The molecular formula is C10H11NO. The highest BCUT2D eigenvalue weighted by Gasteiger charge is 2.01. The average Bonchev–Trinajstić information content (AvgIpc) is 2.48. The number of fused-ring (bicyclic) bond motifs is 1. The number of nitrogens with zero attached hydrogens (tertiary/aromatic N) is 1. The summed E-state index contributed by atoms with van der Waals surface area (Å²) in [6.45, 7) is 0.106. The van der Waals surface area contributed by atoms with E-state index in [0.29, 0.717) is 0 Å². The van der Waals surface area contributed by atoms with Crippen LogP contribution in [-0.4, -0.2) is 9.67 Å². The van der Waals surface area contributed by atoms with Crippen LogP contribution >= 0.6 is 0 Å². The summed E-state index contributed by atoms with van der Waals surface area (Å²) in [5.74, 6) is 0. The third kappa shape index (κ3) is 0.924. The van der Waals surface area contributed by atoms with Crippen molar-refractivity contribution < 1.29 is 5.11 Å². The third-order valence-electron chi connectivity index (χ3n) is 2.15. The molecule has 0 saturated carbocycles. The van der Waals surface area contributed by atoms with Crippen molar-refractivity contribution in [3.05, 3.63) is 36.0 Å². The molecule has 2 rings (SSSR count). The second-order valence-electron chi connectivity index (χ2n) is 2.94. The van der Waals surface area contributed by atoms with Gasteiger partial charge in [0.1, 0.15) is 0 Å². The topological polar surface area (TPSA) is 25.2 Å². The van der Waals surface area contributed by atoms with Crippen molar-refractivity contribution in [1.29, 1.82) is 0 Å². The molecule has 2 aromatic rings. The Morgan fingerprint density at radius 1 is 1.33 bits per heavy atom. The van der Waals surface area contributed by atoms with Gasteiger partial charge in [-0.15, -0.1) is 0 Å². The summed E-state index contributed by atoms with van der Waals surface area (Å²) in [5, 5.41) is 10.2. The molecule has 0 aliphatic rings. The molecule has 0 fully saturated rings. The molecule has 0 bridgehead atoms. The van der Waals surface area contributed by atoms with Crippen LogP contribution in [0, 0.1) is 0 Å². The minimum absolute atomic E-state index is 0.106. The summed E-state index contributed by atoms with van der Waals surface area (Å²) in [4.78, 5) is 0. The molecule has 0 atom stereocenters. The first-order valence-electron chi connectivity index (χ1n) is 3.96. The SMILES string of the molecule is Cn1ccc2cccc(CO)c21. The zero-order chi connectivity index (χ0) is 8.55. The van der Waals surface area contributed by atoms with Crippen LogP contribution in [0.15, 0.2) is 30.5 Å². The van der Waals surface area contributed by atoms with Gasteiger partial charge >= 0.3 is 0 Å². The summed E-state index contributed by atoms with van der Waals surface area (Å²) in [7, 11) is 1.99. The van der Waals surface area contributed by atoms with Gasteiger partial charge < -0.3 is 9.67 Å². The maximum Gasteiger partial charge on any atom is 0.0702 e. The van der Waals surface area contributed by atoms with Gasteiger partial charge in [0.2, 0.25) is 0 Å². The first-order chi connectivity index (χ1) is 5.83. The monoisotopic (exact) mass is 161 g/mol. The van der Waals surface area contributed by atoms with E-state index in [4.69, 9.17) is 5.11 Å². The van der Waals surface area contributed by atoms with E-state index in [1.165, 1.54) is 5.39 Å². The number of aryl methyl sites for hydroxylation is 1. The van der Waals surface area contributed by atoms with Crippen LogP contribution < -0.4 is 0 Å².